The molecule has 5 rings (SSSR count). The van der Waals surface area contributed by atoms with Crippen LogP contribution < -0.4 is 16.2 Å². The molecule has 1 atom stereocenters. The Kier molecular flexibility index (Phi) is 4.77. The molecule has 4 heterocycles. The van der Waals surface area contributed by atoms with Gasteiger partial charge in [0.05, 0.1) is 10.9 Å². The van der Waals surface area contributed by atoms with Crippen molar-refractivity contribution < 1.29 is 0 Å². The van der Waals surface area contributed by atoms with E-state index >= 15 is 0 Å². The summed E-state index contributed by atoms with van der Waals surface area (Å²) in [7, 11) is 0. The molecule has 0 amide bonds. The zero-order chi connectivity index (χ0) is 19.8. The molecule has 0 bridgehead atoms. The zero-order valence-electron chi connectivity index (χ0n) is 15.7. The number of benzene rings is 1. The maximum absolute atomic E-state index is 12.8. The summed E-state index contributed by atoms with van der Waals surface area (Å²) in [5, 5.41) is 9.49. The lowest BCUT2D eigenvalue weighted by Crippen LogP contribution is -2.38. The number of nitrogens with one attached hydrogen (secondary N) is 3. The van der Waals surface area contributed by atoms with Crippen LogP contribution in [0.5, 0.6) is 0 Å². The molecule has 0 saturated carbocycles. The van der Waals surface area contributed by atoms with Crippen LogP contribution in [-0.2, 0) is 0 Å². The molecule has 29 heavy (non-hydrogen) atoms. The first-order valence-electron chi connectivity index (χ1n) is 9.73. The third-order valence-electron chi connectivity index (χ3n) is 5.43. The van der Waals surface area contributed by atoms with Crippen molar-refractivity contribution >= 4 is 43.4 Å². The first-order chi connectivity index (χ1) is 14.2. The zero-order valence-corrected chi connectivity index (χ0v) is 17.3. The second kappa shape index (κ2) is 7.57. The molecule has 1 aliphatic heterocycles. The number of hydrogen-bond acceptors (Lipinski definition) is 5. The van der Waals surface area contributed by atoms with Crippen molar-refractivity contribution in [2.24, 2.45) is 0 Å². The summed E-state index contributed by atoms with van der Waals surface area (Å²) in [6.07, 6.45) is 7.46. The van der Waals surface area contributed by atoms with Gasteiger partial charge >= 0.3 is 0 Å². The maximum atomic E-state index is 12.8. The molecule has 7 heteroatoms. The molecule has 3 aromatic heterocycles. The Morgan fingerprint density at radius 2 is 2.00 bits per heavy atom. The molecule has 1 aromatic carbocycles. The van der Waals surface area contributed by atoms with Gasteiger partial charge in [-0.15, -0.1) is 0 Å². The molecule has 6 nitrogen and oxygen atoms in total. The van der Waals surface area contributed by atoms with Gasteiger partial charge in [0.15, 0.2) is 0 Å². The van der Waals surface area contributed by atoms with E-state index in [1.54, 1.807) is 18.6 Å². The van der Waals surface area contributed by atoms with E-state index in [-0.39, 0.29) is 5.56 Å². The van der Waals surface area contributed by atoms with E-state index in [9.17, 15) is 4.79 Å². The first-order valence-corrected chi connectivity index (χ1v) is 10.5. The average molecular weight is 450 g/mol. The largest absolute Gasteiger partial charge is 0.366 e. The van der Waals surface area contributed by atoms with E-state index in [1.807, 2.05) is 30.3 Å². The summed E-state index contributed by atoms with van der Waals surface area (Å²) in [5.41, 5.74) is 2.40. The predicted molar refractivity (Wildman–Crippen MR) is 120 cm³/mol. The summed E-state index contributed by atoms with van der Waals surface area (Å²) in [5.74, 6) is 0.814. The Hall–Kier alpha value is -2.77. The van der Waals surface area contributed by atoms with Gasteiger partial charge in [0, 0.05) is 52.0 Å². The van der Waals surface area contributed by atoms with E-state index in [4.69, 9.17) is 4.98 Å². The van der Waals surface area contributed by atoms with Crippen molar-refractivity contribution in [1.29, 1.82) is 0 Å². The first kappa shape index (κ1) is 18.3. The monoisotopic (exact) mass is 449 g/mol. The Balaban J connectivity index is 1.80. The van der Waals surface area contributed by atoms with E-state index in [2.05, 4.69) is 36.5 Å². The summed E-state index contributed by atoms with van der Waals surface area (Å²) < 4.78 is 0.927. The molecular formula is C22H20BrN5O. The number of halogens is 1. The van der Waals surface area contributed by atoms with Gasteiger partial charge in [-0.05, 0) is 55.3 Å². The van der Waals surface area contributed by atoms with Crippen molar-refractivity contribution in [3.8, 4) is 11.1 Å². The topological polar surface area (TPSA) is 82.7 Å². The van der Waals surface area contributed by atoms with Gasteiger partial charge in [-0.3, -0.25) is 9.78 Å². The van der Waals surface area contributed by atoms with Crippen LogP contribution in [0.2, 0.25) is 0 Å². The van der Waals surface area contributed by atoms with Gasteiger partial charge in [0.25, 0.3) is 5.56 Å². The van der Waals surface area contributed by atoms with Crippen LogP contribution >= 0.6 is 15.9 Å². The molecular weight excluding hydrogens is 430 g/mol. The Morgan fingerprint density at radius 3 is 2.79 bits per heavy atom. The lowest BCUT2D eigenvalue weighted by atomic mass is 10.0. The van der Waals surface area contributed by atoms with Crippen LogP contribution in [0.4, 0.5) is 5.82 Å². The van der Waals surface area contributed by atoms with Crippen LogP contribution in [0, 0.1) is 0 Å². The van der Waals surface area contributed by atoms with Gasteiger partial charge in [-0.1, -0.05) is 15.9 Å². The van der Waals surface area contributed by atoms with E-state index in [1.165, 1.54) is 0 Å². The summed E-state index contributed by atoms with van der Waals surface area (Å²) in [6.45, 7) is 1.96. The van der Waals surface area contributed by atoms with E-state index in [0.717, 1.165) is 58.1 Å². The number of aromatic amines is 1. The molecule has 1 aliphatic rings. The normalized spacial score (nSPS) is 16.9. The smallest absolute Gasteiger partial charge is 0.258 e. The number of H-pyrrole nitrogens is 1. The second-order valence-electron chi connectivity index (χ2n) is 7.33. The number of rotatable bonds is 3. The third kappa shape index (κ3) is 3.41. The Morgan fingerprint density at radius 1 is 1.14 bits per heavy atom. The van der Waals surface area contributed by atoms with Crippen LogP contribution in [0.25, 0.3) is 32.8 Å². The van der Waals surface area contributed by atoms with Gasteiger partial charge in [0.2, 0.25) is 0 Å². The highest BCUT2D eigenvalue weighted by Crippen LogP contribution is 2.34. The van der Waals surface area contributed by atoms with Gasteiger partial charge in [0.1, 0.15) is 5.82 Å². The van der Waals surface area contributed by atoms with Crippen LogP contribution in [0.3, 0.4) is 0 Å². The minimum atomic E-state index is -0.140. The van der Waals surface area contributed by atoms with Crippen molar-refractivity contribution in [2.75, 3.05) is 18.4 Å². The molecule has 1 fully saturated rings. The van der Waals surface area contributed by atoms with Crippen molar-refractivity contribution in [2.45, 2.75) is 18.9 Å². The Labute approximate surface area is 175 Å². The predicted octanol–water partition coefficient (Wildman–Crippen LogP) is 4.06. The second-order valence-corrected chi connectivity index (χ2v) is 8.24. The molecule has 0 radical (unpaired) electrons. The highest BCUT2D eigenvalue weighted by Gasteiger charge is 2.19. The van der Waals surface area contributed by atoms with Crippen LogP contribution in [0.15, 0.2) is 58.2 Å². The van der Waals surface area contributed by atoms with Crippen LogP contribution in [0.1, 0.15) is 12.8 Å². The van der Waals surface area contributed by atoms with E-state index in [0.29, 0.717) is 16.9 Å². The quantitative estimate of drug-likeness (QED) is 0.410. The maximum Gasteiger partial charge on any atom is 0.258 e. The minimum absolute atomic E-state index is 0.140. The molecule has 0 aliphatic carbocycles. The fourth-order valence-electron chi connectivity index (χ4n) is 4.02. The number of piperidine rings is 1. The lowest BCUT2D eigenvalue weighted by Gasteiger charge is -2.25. The SMILES string of the molecule is O=c1[nH]cc(-c2ccncc2)c2nc(N[C@H]3CCCNC3)c3ccc(Br)cc3c12. The van der Waals surface area contributed by atoms with Gasteiger partial charge in [-0.2, -0.15) is 0 Å². The lowest BCUT2D eigenvalue weighted by molar-refractivity contribution is 0.479. The molecule has 3 N–H and O–H groups in total. The molecule has 0 spiro atoms. The molecule has 0 unspecified atom stereocenters. The van der Waals surface area contributed by atoms with Gasteiger partial charge in [-0.25, -0.2) is 4.98 Å². The summed E-state index contributed by atoms with van der Waals surface area (Å²) in [6, 6.07) is 10.2. The van der Waals surface area contributed by atoms with Crippen LogP contribution in [-0.4, -0.2) is 34.1 Å². The molecule has 4 aromatic rings. The number of fused-ring (bicyclic) bond motifs is 3. The highest BCUT2D eigenvalue weighted by atomic mass is 79.9. The molecule has 146 valence electrons. The van der Waals surface area contributed by atoms with Crippen molar-refractivity contribution in [3.05, 3.63) is 63.7 Å². The van der Waals surface area contributed by atoms with E-state index < -0.39 is 0 Å². The van der Waals surface area contributed by atoms with Crippen molar-refractivity contribution in [1.82, 2.24) is 20.3 Å². The van der Waals surface area contributed by atoms with Gasteiger partial charge < -0.3 is 15.6 Å². The Bertz CT molecular complexity index is 1250. The fraction of sp³-hybridized carbons (Fsp3) is 0.227. The minimum Gasteiger partial charge on any atom is -0.366 e. The standard InChI is InChI=1S/C22H20BrN5O/c23-14-3-4-16-17(10-14)19-20(28-21(16)27-15-2-1-7-25-11-15)18(12-26-22(19)29)13-5-8-24-9-6-13/h3-6,8-10,12,15,25H,1-2,7,11H2,(H,26,29)(H,27,28)/t15-/m0/s1. The third-order valence-corrected chi connectivity index (χ3v) is 5.92. The number of nitrogens with zero attached hydrogens (tertiary/aromatic N) is 2. The fourth-order valence-corrected chi connectivity index (χ4v) is 4.38. The number of aromatic nitrogens is 3. The number of hydrogen-bond donors (Lipinski definition) is 3. The summed E-state index contributed by atoms with van der Waals surface area (Å²) >= 11 is 3.56. The molecule has 1 saturated heterocycles. The van der Waals surface area contributed by atoms with Crippen molar-refractivity contribution in [3.63, 3.8) is 0 Å². The summed E-state index contributed by atoms with van der Waals surface area (Å²) in [4.78, 5) is 24.8. The number of anilines is 1. The number of pyridine rings is 3. The average Bonchev–Trinajstić information content (AvgIpc) is 2.75. The highest BCUT2D eigenvalue weighted by molar-refractivity contribution is 9.10.